The maximum atomic E-state index is 12.7. The van der Waals surface area contributed by atoms with Gasteiger partial charge in [-0.15, -0.1) is 9.42 Å². The zero-order valence-corrected chi connectivity index (χ0v) is 28.1. The SMILES string of the molecule is [C-]#[N+]CCOP(=S)(OCCn1c(CO)nc2cncnc21)OC[C@@H]1C[C@@H](O[P+](=O)O)[C@H](n2cnc3c(=O)[nH]c(NC(=O)C(C)C)nc32)O1. The monoisotopic (exact) mass is 725 g/mol. The maximum absolute atomic E-state index is 12.7. The Balaban J connectivity index is 1.32. The highest BCUT2D eigenvalue weighted by Crippen LogP contribution is 2.51. The van der Waals surface area contributed by atoms with E-state index in [9.17, 15) is 24.2 Å². The predicted molar refractivity (Wildman–Crippen MR) is 170 cm³/mol. The van der Waals surface area contributed by atoms with Gasteiger partial charge >= 0.3 is 15.0 Å². The molecule has 23 heteroatoms. The molecule has 0 aromatic carbocycles. The van der Waals surface area contributed by atoms with Crippen LogP contribution in [0.4, 0.5) is 5.95 Å². The Hall–Kier alpha value is -3.67. The van der Waals surface area contributed by atoms with Crippen LogP contribution in [-0.2, 0) is 57.1 Å². The summed E-state index contributed by atoms with van der Waals surface area (Å²) in [5.41, 5.74) is 0.311. The molecule has 0 aliphatic carbocycles. The minimum absolute atomic E-state index is 0.00373. The summed E-state index contributed by atoms with van der Waals surface area (Å²) in [5.74, 6) is -0.545. The number of aliphatic hydroxyl groups excluding tert-OH is 1. The zero-order valence-electron chi connectivity index (χ0n) is 25.5. The Morgan fingerprint density at radius 3 is 2.81 bits per heavy atom. The number of imidazole rings is 2. The van der Waals surface area contributed by atoms with Crippen LogP contribution in [0.5, 0.6) is 0 Å². The van der Waals surface area contributed by atoms with Gasteiger partial charge in [0.2, 0.25) is 18.4 Å². The summed E-state index contributed by atoms with van der Waals surface area (Å²) >= 11 is 5.62. The van der Waals surface area contributed by atoms with Crippen molar-refractivity contribution in [3.63, 3.8) is 0 Å². The lowest BCUT2D eigenvalue weighted by Gasteiger charge is -2.23. The van der Waals surface area contributed by atoms with Crippen molar-refractivity contribution in [1.82, 2.24) is 39.0 Å². The second-order valence-electron chi connectivity index (χ2n) is 10.5. The number of fused-ring (bicyclic) bond motifs is 2. The third-order valence-electron chi connectivity index (χ3n) is 6.91. The van der Waals surface area contributed by atoms with Crippen LogP contribution in [0, 0.1) is 12.5 Å². The molecule has 2 unspecified atom stereocenters. The van der Waals surface area contributed by atoms with Crippen molar-refractivity contribution in [2.24, 2.45) is 5.92 Å². The van der Waals surface area contributed by atoms with Crippen LogP contribution in [-0.4, -0.2) is 93.5 Å². The number of nitrogens with one attached hydrogen (secondary N) is 2. The number of ether oxygens (including phenoxy) is 1. The lowest BCUT2D eigenvalue weighted by molar-refractivity contribution is -0.118. The van der Waals surface area contributed by atoms with Gasteiger partial charge in [-0.2, -0.15) is 4.98 Å². The van der Waals surface area contributed by atoms with Gasteiger partial charge in [-0.1, -0.05) is 13.8 Å². The Morgan fingerprint density at radius 1 is 1.29 bits per heavy atom. The molecular weight excluding hydrogens is 694 g/mol. The van der Waals surface area contributed by atoms with Gasteiger partial charge in [0.05, 0.1) is 31.8 Å². The van der Waals surface area contributed by atoms with Crippen LogP contribution < -0.4 is 10.9 Å². The number of H-pyrrole nitrogens is 1. The summed E-state index contributed by atoms with van der Waals surface area (Å²) < 4.78 is 43.7. The maximum Gasteiger partial charge on any atom is 0.695 e. The van der Waals surface area contributed by atoms with Crippen LogP contribution in [0.3, 0.4) is 0 Å². The third kappa shape index (κ3) is 8.30. The van der Waals surface area contributed by atoms with Gasteiger partial charge in [-0.25, -0.2) is 26.5 Å². The molecular formula is C25H31N10O10P2S+. The van der Waals surface area contributed by atoms with Crippen molar-refractivity contribution in [3.8, 4) is 0 Å². The molecule has 1 saturated heterocycles. The number of aromatic amines is 1. The lowest BCUT2D eigenvalue weighted by Crippen LogP contribution is -2.24. The number of carbonyl (C=O) groups excluding carboxylic acids is 1. The molecule has 5 atom stereocenters. The lowest BCUT2D eigenvalue weighted by atomic mass is 10.2. The van der Waals surface area contributed by atoms with Crippen LogP contribution in [0.25, 0.3) is 27.2 Å². The van der Waals surface area contributed by atoms with Crippen molar-refractivity contribution in [2.75, 3.05) is 31.7 Å². The normalized spacial score (nSPS) is 19.5. The summed E-state index contributed by atoms with van der Waals surface area (Å²) in [6, 6.07) is 0. The van der Waals surface area contributed by atoms with E-state index >= 15 is 0 Å². The fourth-order valence-electron chi connectivity index (χ4n) is 4.72. The molecule has 4 aromatic rings. The van der Waals surface area contributed by atoms with E-state index in [1.165, 1.54) is 23.4 Å². The summed E-state index contributed by atoms with van der Waals surface area (Å²) in [4.78, 5) is 61.1. The van der Waals surface area contributed by atoms with Crippen molar-refractivity contribution in [1.29, 1.82) is 0 Å². The Morgan fingerprint density at radius 2 is 2.08 bits per heavy atom. The van der Waals surface area contributed by atoms with E-state index in [1.54, 1.807) is 18.4 Å². The third-order valence-corrected chi connectivity index (χ3v) is 9.77. The van der Waals surface area contributed by atoms with Gasteiger partial charge in [0, 0.05) is 23.4 Å². The molecule has 0 saturated carbocycles. The van der Waals surface area contributed by atoms with Crippen molar-refractivity contribution in [2.45, 2.75) is 51.9 Å². The first-order valence-electron chi connectivity index (χ1n) is 14.4. The van der Waals surface area contributed by atoms with Crippen molar-refractivity contribution in [3.05, 3.63) is 46.4 Å². The van der Waals surface area contributed by atoms with E-state index in [4.69, 9.17) is 41.2 Å². The highest BCUT2D eigenvalue weighted by Gasteiger charge is 2.44. The molecule has 1 fully saturated rings. The molecule has 0 bridgehead atoms. The smallest absolute Gasteiger partial charge is 0.388 e. The van der Waals surface area contributed by atoms with E-state index in [1.807, 2.05) is 0 Å². The van der Waals surface area contributed by atoms with Crippen LogP contribution in [0.1, 0.15) is 32.3 Å². The molecule has 1 aliphatic rings. The molecule has 0 spiro atoms. The molecule has 0 radical (unpaired) electrons. The number of anilines is 1. The number of hydrogen-bond acceptors (Lipinski definition) is 15. The molecule has 256 valence electrons. The zero-order chi connectivity index (χ0) is 34.4. The van der Waals surface area contributed by atoms with Gasteiger partial charge in [0.1, 0.15) is 30.9 Å². The van der Waals surface area contributed by atoms with E-state index < -0.39 is 39.0 Å². The summed E-state index contributed by atoms with van der Waals surface area (Å²) in [7, 11) is -3.07. The highest BCUT2D eigenvalue weighted by atomic mass is 32.5. The van der Waals surface area contributed by atoms with Crippen LogP contribution in [0.15, 0.2) is 23.6 Å². The predicted octanol–water partition coefficient (Wildman–Crippen LogP) is 1.56. The number of aliphatic hydroxyl groups is 1. The fourth-order valence-corrected chi connectivity index (χ4v) is 6.95. The molecule has 5 rings (SSSR count). The van der Waals surface area contributed by atoms with E-state index in [2.05, 4.69) is 40.1 Å². The van der Waals surface area contributed by atoms with Crippen LogP contribution in [0.2, 0.25) is 0 Å². The minimum Gasteiger partial charge on any atom is -0.388 e. The Kier molecular flexibility index (Phi) is 11.7. The summed E-state index contributed by atoms with van der Waals surface area (Å²) in [6.07, 6.45) is 1.30. The molecule has 20 nitrogen and oxygen atoms in total. The minimum atomic E-state index is -3.49. The number of nitrogens with zero attached hydrogens (tertiary/aromatic N) is 8. The molecule has 4 aromatic heterocycles. The summed E-state index contributed by atoms with van der Waals surface area (Å²) in [6.45, 7) is 6.47. The van der Waals surface area contributed by atoms with Crippen molar-refractivity contribution < 1.29 is 42.2 Å². The Bertz CT molecular complexity index is 1950. The molecule has 48 heavy (non-hydrogen) atoms. The average Bonchev–Trinajstić information content (AvgIpc) is 3.75. The Labute approximate surface area is 277 Å². The molecule has 4 N–H and O–H groups in total. The van der Waals surface area contributed by atoms with Gasteiger partial charge in [0.25, 0.3) is 5.56 Å². The van der Waals surface area contributed by atoms with Gasteiger partial charge in [-0.3, -0.25) is 24.5 Å². The van der Waals surface area contributed by atoms with E-state index in [-0.39, 0.29) is 74.9 Å². The first-order valence-corrected chi connectivity index (χ1v) is 18.1. The average molecular weight is 726 g/mol. The van der Waals surface area contributed by atoms with E-state index in [0.29, 0.717) is 17.0 Å². The van der Waals surface area contributed by atoms with Gasteiger partial charge < -0.3 is 32.8 Å². The quantitative estimate of drug-likeness (QED) is 0.0727. The molecule has 5 heterocycles. The first kappa shape index (κ1) is 35.6. The topological polar surface area (TPSA) is 244 Å². The number of hydrogen-bond donors (Lipinski definition) is 4. The number of aromatic nitrogens is 8. The number of carbonyl (C=O) groups is 1. The summed E-state index contributed by atoms with van der Waals surface area (Å²) in [5, 5.41) is 12.3. The second-order valence-corrected chi connectivity index (χ2v) is 14.2. The van der Waals surface area contributed by atoms with E-state index in [0.717, 1.165) is 0 Å². The largest absolute Gasteiger partial charge is 0.695 e. The number of amides is 1. The molecule has 1 amide bonds. The molecule has 1 aliphatic heterocycles. The highest BCUT2D eigenvalue weighted by molar-refractivity contribution is 8.07. The van der Waals surface area contributed by atoms with Gasteiger partial charge in [0.15, 0.2) is 29.1 Å². The van der Waals surface area contributed by atoms with Crippen LogP contribution >= 0.6 is 15.0 Å². The first-order chi connectivity index (χ1) is 23.0. The standard InChI is InChI=1S/C25H30N10O10P2S/c1-14(2)22(37)32-25-31-21-19(23(38)33-25)29-13-35(21)24-17(45-46(39)40)8-15(44-24)11-43-47(48,41-6-4-26-3)42-7-5-34-18(10-36)30-16-9-27-12-28-20(16)34/h9,12-15,17,24,36H,4-8,10-11H2,1-2H3,(H2-,31,32,33,37,38,39,40)/p+1/t15-,17+,24+,47?/m0/s1. The van der Waals surface area contributed by atoms with Crippen molar-refractivity contribution >= 4 is 61.0 Å². The van der Waals surface area contributed by atoms with Gasteiger partial charge in [-0.05, 0) is 11.8 Å². The fraction of sp³-hybridized carbons (Fsp3) is 0.520. The number of rotatable bonds is 16. The second kappa shape index (κ2) is 15.7.